The molecule has 10 heavy (non-hydrogen) atoms. The lowest BCUT2D eigenvalue weighted by Crippen LogP contribution is -2.29. The second-order valence-corrected chi connectivity index (χ2v) is 2.38. The molecule has 62 valence electrons. The average molecular weight is 148 g/mol. The van der Waals surface area contributed by atoms with Gasteiger partial charge in [0, 0.05) is 7.11 Å². The van der Waals surface area contributed by atoms with Crippen LogP contribution >= 0.6 is 0 Å². The summed E-state index contributed by atoms with van der Waals surface area (Å²) in [5.41, 5.74) is 0. The fourth-order valence-corrected chi connectivity index (χ4v) is 0.770. The molecule has 0 spiro atoms. The van der Waals surface area contributed by atoms with E-state index in [2.05, 4.69) is 4.74 Å². The predicted octanol–water partition coefficient (Wildman–Crippen LogP) is 0.155. The fraction of sp³-hybridized carbons (Fsp3) is 1.00. The molecule has 2 atom stereocenters. The first-order valence-electron chi connectivity index (χ1n) is 3.57. The Balaban J connectivity index is 3.38. The van der Waals surface area contributed by atoms with E-state index in [0.29, 0.717) is 6.42 Å². The highest BCUT2D eigenvalue weighted by molar-refractivity contribution is 4.64. The van der Waals surface area contributed by atoms with E-state index in [-0.39, 0.29) is 6.61 Å². The molecule has 0 rings (SSSR count). The maximum absolute atomic E-state index is 9.12. The van der Waals surface area contributed by atoms with Gasteiger partial charge in [-0.1, -0.05) is 13.3 Å². The van der Waals surface area contributed by atoms with E-state index in [1.807, 2.05) is 6.92 Å². The molecule has 0 aliphatic rings. The maximum atomic E-state index is 9.12. The molecule has 0 aliphatic carbocycles. The molecular formula is C7H16O3. The van der Waals surface area contributed by atoms with Crippen molar-refractivity contribution in [2.45, 2.75) is 32.0 Å². The van der Waals surface area contributed by atoms with Crippen LogP contribution in [-0.2, 0) is 4.74 Å². The van der Waals surface area contributed by atoms with Crippen LogP contribution in [0, 0.1) is 0 Å². The third-order valence-corrected chi connectivity index (χ3v) is 1.37. The first kappa shape index (κ1) is 9.88. The van der Waals surface area contributed by atoms with Crippen molar-refractivity contribution < 1.29 is 14.9 Å². The van der Waals surface area contributed by atoms with Gasteiger partial charge in [0.15, 0.2) is 0 Å². The van der Waals surface area contributed by atoms with E-state index in [1.54, 1.807) is 0 Å². The van der Waals surface area contributed by atoms with Crippen LogP contribution in [0.1, 0.15) is 19.8 Å². The van der Waals surface area contributed by atoms with Gasteiger partial charge in [-0.25, -0.2) is 0 Å². The summed E-state index contributed by atoms with van der Waals surface area (Å²) in [6.07, 6.45) is 0.141. The Morgan fingerprint density at radius 3 is 2.30 bits per heavy atom. The van der Waals surface area contributed by atoms with E-state index >= 15 is 0 Å². The minimum atomic E-state index is -0.732. The van der Waals surface area contributed by atoms with Crippen molar-refractivity contribution in [3.63, 3.8) is 0 Å². The molecule has 0 heterocycles. The van der Waals surface area contributed by atoms with Gasteiger partial charge in [0.05, 0.1) is 12.7 Å². The predicted molar refractivity (Wildman–Crippen MR) is 38.8 cm³/mol. The molecule has 0 saturated heterocycles. The Bertz CT molecular complexity index is 65.3. The van der Waals surface area contributed by atoms with E-state index in [4.69, 9.17) is 10.2 Å². The molecule has 0 aromatic heterocycles. The Hall–Kier alpha value is -0.120. The summed E-state index contributed by atoms with van der Waals surface area (Å²) in [5.74, 6) is 0. The van der Waals surface area contributed by atoms with E-state index in [9.17, 15) is 0 Å². The zero-order chi connectivity index (χ0) is 7.98. The van der Waals surface area contributed by atoms with Gasteiger partial charge >= 0.3 is 0 Å². The van der Waals surface area contributed by atoms with Gasteiger partial charge in [0.1, 0.15) is 6.10 Å². The first-order chi connectivity index (χ1) is 4.72. The highest BCUT2D eigenvalue weighted by Gasteiger charge is 2.13. The largest absolute Gasteiger partial charge is 0.390 e. The Morgan fingerprint density at radius 2 is 1.90 bits per heavy atom. The van der Waals surface area contributed by atoms with Crippen LogP contribution in [0.3, 0.4) is 0 Å². The molecule has 0 bridgehead atoms. The molecule has 2 unspecified atom stereocenters. The third-order valence-electron chi connectivity index (χ3n) is 1.37. The average Bonchev–Trinajstić information content (AvgIpc) is 1.89. The van der Waals surface area contributed by atoms with Gasteiger partial charge in [0.25, 0.3) is 0 Å². The lowest BCUT2D eigenvalue weighted by molar-refractivity contribution is -0.0292. The van der Waals surface area contributed by atoms with Crippen LogP contribution in [-0.4, -0.2) is 36.1 Å². The molecule has 0 aromatic rings. The number of aliphatic hydroxyl groups is 2. The summed E-state index contributed by atoms with van der Waals surface area (Å²) >= 11 is 0. The second kappa shape index (κ2) is 5.65. The topological polar surface area (TPSA) is 49.7 Å². The van der Waals surface area contributed by atoms with Crippen molar-refractivity contribution in [2.24, 2.45) is 0 Å². The molecular weight excluding hydrogens is 132 g/mol. The molecule has 3 nitrogen and oxygen atoms in total. The third kappa shape index (κ3) is 3.82. The standard InChI is InChI=1S/C7H16O3/c1-3-4-6(8)7(9)5-10-2/h6-9H,3-5H2,1-2H3. The van der Waals surface area contributed by atoms with Crippen molar-refractivity contribution >= 4 is 0 Å². The van der Waals surface area contributed by atoms with Crippen LogP contribution in [0.15, 0.2) is 0 Å². The van der Waals surface area contributed by atoms with Crippen molar-refractivity contribution in [3.8, 4) is 0 Å². The molecule has 2 N–H and O–H groups in total. The zero-order valence-electron chi connectivity index (χ0n) is 6.58. The Kier molecular flexibility index (Phi) is 5.58. The molecule has 0 aliphatic heterocycles. The number of hydrogen-bond acceptors (Lipinski definition) is 3. The van der Waals surface area contributed by atoms with Crippen LogP contribution in [0.2, 0.25) is 0 Å². The molecule has 0 saturated carbocycles. The number of methoxy groups -OCH3 is 1. The van der Waals surface area contributed by atoms with Gasteiger partial charge in [-0.15, -0.1) is 0 Å². The van der Waals surface area contributed by atoms with Gasteiger partial charge in [0.2, 0.25) is 0 Å². The fourth-order valence-electron chi connectivity index (χ4n) is 0.770. The summed E-state index contributed by atoms with van der Waals surface area (Å²) in [7, 11) is 1.50. The van der Waals surface area contributed by atoms with Crippen LogP contribution in [0.4, 0.5) is 0 Å². The summed E-state index contributed by atoms with van der Waals surface area (Å²) in [4.78, 5) is 0. The number of aliphatic hydroxyl groups excluding tert-OH is 2. The molecule has 0 radical (unpaired) electrons. The maximum Gasteiger partial charge on any atom is 0.103 e. The quantitative estimate of drug-likeness (QED) is 0.583. The summed E-state index contributed by atoms with van der Waals surface area (Å²) in [5, 5.41) is 18.2. The van der Waals surface area contributed by atoms with Crippen molar-refractivity contribution in [1.82, 2.24) is 0 Å². The van der Waals surface area contributed by atoms with Crippen LogP contribution < -0.4 is 0 Å². The summed E-state index contributed by atoms with van der Waals surface area (Å²) in [6, 6.07) is 0. The Labute approximate surface area is 61.6 Å². The molecule has 0 fully saturated rings. The van der Waals surface area contributed by atoms with E-state index in [1.165, 1.54) is 7.11 Å². The normalized spacial score (nSPS) is 16.8. The highest BCUT2D eigenvalue weighted by atomic mass is 16.5. The lowest BCUT2D eigenvalue weighted by Gasteiger charge is -2.15. The smallest absolute Gasteiger partial charge is 0.103 e. The van der Waals surface area contributed by atoms with Crippen molar-refractivity contribution in [2.75, 3.05) is 13.7 Å². The number of hydrogen-bond donors (Lipinski definition) is 2. The summed E-state index contributed by atoms with van der Waals surface area (Å²) in [6.45, 7) is 2.17. The van der Waals surface area contributed by atoms with Gasteiger partial charge in [-0.2, -0.15) is 0 Å². The second-order valence-electron chi connectivity index (χ2n) is 2.38. The Morgan fingerprint density at radius 1 is 1.30 bits per heavy atom. The van der Waals surface area contributed by atoms with E-state index in [0.717, 1.165) is 6.42 Å². The van der Waals surface area contributed by atoms with Gasteiger partial charge in [-0.05, 0) is 6.42 Å². The first-order valence-corrected chi connectivity index (χ1v) is 3.57. The van der Waals surface area contributed by atoms with Gasteiger partial charge in [-0.3, -0.25) is 0 Å². The summed E-state index contributed by atoms with van der Waals surface area (Å²) < 4.78 is 4.66. The van der Waals surface area contributed by atoms with E-state index < -0.39 is 12.2 Å². The monoisotopic (exact) mass is 148 g/mol. The number of ether oxygens (including phenoxy) is 1. The highest BCUT2D eigenvalue weighted by Crippen LogP contribution is 2.01. The van der Waals surface area contributed by atoms with Crippen LogP contribution in [0.5, 0.6) is 0 Å². The molecule has 0 amide bonds. The minimum Gasteiger partial charge on any atom is -0.390 e. The van der Waals surface area contributed by atoms with Crippen LogP contribution in [0.25, 0.3) is 0 Å². The number of rotatable bonds is 5. The molecule has 0 aromatic carbocycles. The molecule has 3 heteroatoms. The SMILES string of the molecule is CCCC(O)C(O)COC. The minimum absolute atomic E-state index is 0.209. The van der Waals surface area contributed by atoms with Crippen molar-refractivity contribution in [1.29, 1.82) is 0 Å². The zero-order valence-corrected chi connectivity index (χ0v) is 6.58. The lowest BCUT2D eigenvalue weighted by atomic mass is 10.1. The van der Waals surface area contributed by atoms with Gasteiger partial charge < -0.3 is 14.9 Å². The van der Waals surface area contributed by atoms with Crippen molar-refractivity contribution in [3.05, 3.63) is 0 Å².